The highest BCUT2D eigenvalue weighted by atomic mass is 79.9. The highest BCUT2D eigenvalue weighted by Crippen LogP contribution is 2.26. The molecule has 0 heterocycles. The maximum Gasteiger partial charge on any atom is 0.138 e. The zero-order valence-electron chi connectivity index (χ0n) is 11.4. The minimum absolute atomic E-state index is 0.179. The van der Waals surface area contributed by atoms with Crippen molar-refractivity contribution >= 4 is 15.9 Å². The number of ether oxygens (including phenoxy) is 1. The van der Waals surface area contributed by atoms with Gasteiger partial charge in [-0.3, -0.25) is 0 Å². The molecule has 2 atom stereocenters. The van der Waals surface area contributed by atoms with Crippen molar-refractivity contribution in [2.45, 2.75) is 26.0 Å². The summed E-state index contributed by atoms with van der Waals surface area (Å²) in [6.45, 7) is 3.60. The van der Waals surface area contributed by atoms with Crippen LogP contribution in [0.5, 0.6) is 5.75 Å². The highest BCUT2D eigenvalue weighted by molar-refractivity contribution is 9.10. The number of aryl methyl sites for hydroxylation is 1. The topological polar surface area (TPSA) is 35.2 Å². The predicted octanol–water partition coefficient (Wildman–Crippen LogP) is 4.36. The molecular formula is C16H17BrFNO. The molecule has 0 aliphatic carbocycles. The third-order valence-corrected chi connectivity index (χ3v) is 3.60. The lowest BCUT2D eigenvalue weighted by Crippen LogP contribution is -2.29. The van der Waals surface area contributed by atoms with E-state index in [-0.39, 0.29) is 18.0 Å². The molecule has 0 aliphatic heterocycles. The molecule has 0 saturated heterocycles. The molecule has 0 aromatic heterocycles. The first-order valence-corrected chi connectivity index (χ1v) is 7.20. The van der Waals surface area contributed by atoms with Crippen LogP contribution in [0.1, 0.15) is 24.2 Å². The number of nitrogens with two attached hydrogens (primary N) is 1. The first kappa shape index (κ1) is 15.0. The van der Waals surface area contributed by atoms with E-state index in [1.165, 1.54) is 6.07 Å². The Morgan fingerprint density at radius 1 is 1.15 bits per heavy atom. The molecule has 0 saturated carbocycles. The molecule has 20 heavy (non-hydrogen) atoms. The Balaban J connectivity index is 2.25. The van der Waals surface area contributed by atoms with Gasteiger partial charge in [0.2, 0.25) is 0 Å². The van der Waals surface area contributed by atoms with Crippen molar-refractivity contribution < 1.29 is 9.13 Å². The van der Waals surface area contributed by atoms with Crippen molar-refractivity contribution in [1.82, 2.24) is 0 Å². The Morgan fingerprint density at radius 3 is 2.35 bits per heavy atom. The zero-order chi connectivity index (χ0) is 14.7. The summed E-state index contributed by atoms with van der Waals surface area (Å²) in [5.74, 6) is 0.382. The molecule has 0 radical (unpaired) electrons. The zero-order valence-corrected chi connectivity index (χ0v) is 13.0. The summed E-state index contributed by atoms with van der Waals surface area (Å²) in [4.78, 5) is 0. The van der Waals surface area contributed by atoms with Crippen LogP contribution in [0.2, 0.25) is 0 Å². The molecule has 2 rings (SSSR count). The smallest absolute Gasteiger partial charge is 0.138 e. The second kappa shape index (κ2) is 6.37. The van der Waals surface area contributed by atoms with Crippen molar-refractivity contribution in [3.05, 3.63) is 63.9 Å². The second-order valence-corrected chi connectivity index (χ2v) is 5.78. The summed E-state index contributed by atoms with van der Waals surface area (Å²) in [6, 6.07) is 12.4. The normalized spacial score (nSPS) is 13.8. The van der Waals surface area contributed by atoms with Crippen LogP contribution in [0, 0.1) is 12.7 Å². The van der Waals surface area contributed by atoms with Crippen LogP contribution in [0.3, 0.4) is 0 Å². The summed E-state index contributed by atoms with van der Waals surface area (Å²) >= 11 is 3.40. The molecule has 0 aliphatic rings. The largest absolute Gasteiger partial charge is 0.484 e. The average molecular weight is 338 g/mol. The fourth-order valence-electron chi connectivity index (χ4n) is 1.97. The molecule has 2 unspecified atom stereocenters. The number of hydrogen-bond acceptors (Lipinski definition) is 2. The first-order chi connectivity index (χ1) is 9.47. The molecule has 2 N–H and O–H groups in total. The lowest BCUT2D eigenvalue weighted by atomic mass is 10.0. The quantitative estimate of drug-likeness (QED) is 0.899. The van der Waals surface area contributed by atoms with Crippen molar-refractivity contribution in [2.24, 2.45) is 5.73 Å². The van der Waals surface area contributed by atoms with E-state index in [0.717, 1.165) is 10.0 Å². The SMILES string of the molecule is Cc1cc(OC(c2ccc(Br)cc2)C(C)N)ccc1F. The molecule has 4 heteroatoms. The monoisotopic (exact) mass is 337 g/mol. The van der Waals surface area contributed by atoms with Crippen LogP contribution >= 0.6 is 15.9 Å². The van der Waals surface area contributed by atoms with Crippen molar-refractivity contribution in [2.75, 3.05) is 0 Å². The van der Waals surface area contributed by atoms with E-state index < -0.39 is 0 Å². The predicted molar refractivity (Wildman–Crippen MR) is 82.3 cm³/mol. The van der Waals surface area contributed by atoms with Crippen LogP contribution in [0.25, 0.3) is 0 Å². The number of rotatable bonds is 4. The molecule has 2 nitrogen and oxygen atoms in total. The van der Waals surface area contributed by atoms with E-state index in [2.05, 4.69) is 15.9 Å². The number of benzene rings is 2. The second-order valence-electron chi connectivity index (χ2n) is 4.86. The number of hydrogen-bond donors (Lipinski definition) is 1. The van der Waals surface area contributed by atoms with Gasteiger partial charge < -0.3 is 10.5 Å². The summed E-state index contributed by atoms with van der Waals surface area (Å²) in [7, 11) is 0. The van der Waals surface area contributed by atoms with Gasteiger partial charge in [0, 0.05) is 10.5 Å². The molecule has 0 fully saturated rings. The van der Waals surface area contributed by atoms with Crippen molar-refractivity contribution in [3.8, 4) is 5.75 Å². The molecule has 2 aromatic rings. The molecule has 2 aromatic carbocycles. The molecule has 106 valence electrons. The van der Waals surface area contributed by atoms with E-state index in [0.29, 0.717) is 11.3 Å². The number of halogens is 2. The van der Waals surface area contributed by atoms with E-state index in [9.17, 15) is 4.39 Å². The third kappa shape index (κ3) is 3.58. The van der Waals surface area contributed by atoms with Gasteiger partial charge in [0.25, 0.3) is 0 Å². The van der Waals surface area contributed by atoms with Crippen LogP contribution in [0.15, 0.2) is 46.9 Å². The van der Waals surface area contributed by atoms with E-state index in [4.69, 9.17) is 10.5 Å². The molecular weight excluding hydrogens is 321 g/mol. The van der Waals surface area contributed by atoms with E-state index in [1.807, 2.05) is 31.2 Å². The lowest BCUT2D eigenvalue weighted by molar-refractivity contribution is 0.180. The average Bonchev–Trinajstić information content (AvgIpc) is 2.41. The van der Waals surface area contributed by atoms with Gasteiger partial charge in [-0.25, -0.2) is 4.39 Å². The summed E-state index contributed by atoms with van der Waals surface area (Å²) in [5.41, 5.74) is 7.56. The Labute approximate surface area is 126 Å². The first-order valence-electron chi connectivity index (χ1n) is 6.41. The molecule has 0 amide bonds. The maximum absolute atomic E-state index is 13.3. The Bertz CT molecular complexity index is 584. The van der Waals surface area contributed by atoms with E-state index in [1.54, 1.807) is 19.1 Å². The Kier molecular flexibility index (Phi) is 4.78. The maximum atomic E-state index is 13.3. The third-order valence-electron chi connectivity index (χ3n) is 3.07. The van der Waals surface area contributed by atoms with Gasteiger partial charge in [-0.15, -0.1) is 0 Å². The van der Waals surface area contributed by atoms with Crippen LogP contribution in [-0.2, 0) is 0 Å². The lowest BCUT2D eigenvalue weighted by Gasteiger charge is -2.23. The van der Waals surface area contributed by atoms with Gasteiger partial charge in [0.05, 0.1) is 0 Å². The van der Waals surface area contributed by atoms with Gasteiger partial charge in [-0.1, -0.05) is 28.1 Å². The van der Waals surface area contributed by atoms with Crippen molar-refractivity contribution in [3.63, 3.8) is 0 Å². The highest BCUT2D eigenvalue weighted by Gasteiger charge is 2.18. The van der Waals surface area contributed by atoms with Gasteiger partial charge in [-0.2, -0.15) is 0 Å². The minimum atomic E-state index is -0.270. The van der Waals surface area contributed by atoms with Gasteiger partial charge in [-0.05, 0) is 55.3 Å². The summed E-state index contributed by atoms with van der Waals surface area (Å²) < 4.78 is 20.2. The van der Waals surface area contributed by atoms with E-state index >= 15 is 0 Å². The van der Waals surface area contributed by atoms with Gasteiger partial charge in [0.15, 0.2) is 0 Å². The Morgan fingerprint density at radius 2 is 1.80 bits per heavy atom. The van der Waals surface area contributed by atoms with Gasteiger partial charge in [0.1, 0.15) is 17.7 Å². The van der Waals surface area contributed by atoms with Crippen LogP contribution in [-0.4, -0.2) is 6.04 Å². The summed E-state index contributed by atoms with van der Waals surface area (Å²) in [6.07, 6.45) is -0.270. The Hall–Kier alpha value is -1.39. The molecule has 0 spiro atoms. The van der Waals surface area contributed by atoms with Gasteiger partial charge >= 0.3 is 0 Å². The van der Waals surface area contributed by atoms with Crippen LogP contribution in [0.4, 0.5) is 4.39 Å². The van der Waals surface area contributed by atoms with Crippen molar-refractivity contribution in [1.29, 1.82) is 0 Å². The standard InChI is InChI=1S/C16H17BrFNO/c1-10-9-14(7-8-15(10)18)20-16(11(2)19)12-3-5-13(17)6-4-12/h3-9,11,16H,19H2,1-2H3. The summed E-state index contributed by atoms with van der Waals surface area (Å²) in [5, 5.41) is 0. The molecule has 0 bridgehead atoms. The van der Waals surface area contributed by atoms with Crippen LogP contribution < -0.4 is 10.5 Å². The fraction of sp³-hybridized carbons (Fsp3) is 0.250. The fourth-order valence-corrected chi connectivity index (χ4v) is 2.23. The minimum Gasteiger partial charge on any atom is -0.484 e.